The third kappa shape index (κ3) is 5.50. The molecule has 1 aromatic heterocycles. The van der Waals surface area contributed by atoms with Crippen molar-refractivity contribution in [3.8, 4) is 0 Å². The lowest BCUT2D eigenvalue weighted by Gasteiger charge is -2.27. The summed E-state index contributed by atoms with van der Waals surface area (Å²) in [6.45, 7) is 4.00. The first kappa shape index (κ1) is 17.0. The van der Waals surface area contributed by atoms with Crippen LogP contribution < -0.4 is 5.32 Å². The van der Waals surface area contributed by atoms with Gasteiger partial charge < -0.3 is 15.3 Å². The van der Waals surface area contributed by atoms with Crippen LogP contribution in [0.4, 0.5) is 4.79 Å². The monoisotopic (exact) mass is 362 g/mol. The molecule has 1 atom stereocenters. The smallest absolute Gasteiger partial charge is 0.323 e. The van der Waals surface area contributed by atoms with Crippen LogP contribution in [0.1, 0.15) is 25.1 Å². The molecule has 7 heteroatoms. The number of carboxylic acids is 1. The van der Waals surface area contributed by atoms with Gasteiger partial charge in [0.1, 0.15) is 6.54 Å². The summed E-state index contributed by atoms with van der Waals surface area (Å²) >= 11 is 5.02. The predicted molar refractivity (Wildman–Crippen MR) is 83.2 cm³/mol. The molecule has 0 spiro atoms. The van der Waals surface area contributed by atoms with Crippen LogP contribution in [-0.4, -0.2) is 41.1 Å². The summed E-state index contributed by atoms with van der Waals surface area (Å²) in [5.74, 6) is -0.998. The van der Waals surface area contributed by atoms with Crippen molar-refractivity contribution in [1.82, 2.24) is 10.2 Å². The first-order valence-electron chi connectivity index (χ1n) is 6.44. The molecule has 112 valence electrons. The van der Waals surface area contributed by atoms with Crippen molar-refractivity contribution in [3.63, 3.8) is 0 Å². The Hall–Kier alpha value is -1.08. The molecule has 0 aliphatic heterocycles. The highest BCUT2D eigenvalue weighted by atomic mass is 79.9. The van der Waals surface area contributed by atoms with Crippen LogP contribution in [0.5, 0.6) is 0 Å². The fraction of sp³-hybridized carbons (Fsp3) is 0.538. The maximum Gasteiger partial charge on any atom is 0.323 e. The maximum absolute atomic E-state index is 12.0. The number of nitrogens with zero attached hydrogens (tertiary/aromatic N) is 1. The van der Waals surface area contributed by atoms with Gasteiger partial charge in [-0.1, -0.05) is 6.92 Å². The number of carbonyl (C=O) groups is 2. The molecule has 1 heterocycles. The molecule has 0 fully saturated rings. The van der Waals surface area contributed by atoms with Gasteiger partial charge in [-0.25, -0.2) is 4.79 Å². The number of carbonyl (C=O) groups excluding carboxylic acids is 1. The van der Waals surface area contributed by atoms with Crippen molar-refractivity contribution in [3.05, 3.63) is 20.8 Å². The van der Waals surface area contributed by atoms with Gasteiger partial charge in [-0.15, -0.1) is 11.3 Å². The zero-order valence-electron chi connectivity index (χ0n) is 11.6. The van der Waals surface area contributed by atoms with Gasteiger partial charge in [-0.3, -0.25) is 4.79 Å². The zero-order valence-corrected chi connectivity index (χ0v) is 14.0. The summed E-state index contributed by atoms with van der Waals surface area (Å²) in [5, 5.41) is 11.6. The van der Waals surface area contributed by atoms with Gasteiger partial charge >= 0.3 is 12.0 Å². The summed E-state index contributed by atoms with van der Waals surface area (Å²) in [6.07, 6.45) is 1.46. The van der Waals surface area contributed by atoms with E-state index < -0.39 is 5.97 Å². The number of nitrogens with one attached hydrogen (secondary N) is 1. The van der Waals surface area contributed by atoms with Crippen molar-refractivity contribution in [2.45, 2.75) is 32.7 Å². The standard InChI is InChI=1S/C13H19BrN2O3S/c1-3-9(2)16(8-12(17)18)13(19)15-7-6-10-4-5-11(14)20-10/h4-5,9H,3,6-8H2,1-2H3,(H,15,19)(H,17,18). The van der Waals surface area contributed by atoms with E-state index in [0.29, 0.717) is 6.54 Å². The summed E-state index contributed by atoms with van der Waals surface area (Å²) < 4.78 is 1.06. The van der Waals surface area contributed by atoms with Crippen molar-refractivity contribution in [1.29, 1.82) is 0 Å². The quantitative estimate of drug-likeness (QED) is 0.783. The second kappa shape index (κ2) is 8.26. The molecule has 20 heavy (non-hydrogen) atoms. The van der Waals surface area contributed by atoms with Gasteiger partial charge in [-0.2, -0.15) is 0 Å². The minimum atomic E-state index is -0.998. The average molecular weight is 363 g/mol. The third-order valence-electron chi connectivity index (χ3n) is 2.97. The highest BCUT2D eigenvalue weighted by Gasteiger charge is 2.21. The van der Waals surface area contributed by atoms with E-state index in [4.69, 9.17) is 5.11 Å². The second-order valence-electron chi connectivity index (χ2n) is 4.47. The van der Waals surface area contributed by atoms with Crippen LogP contribution >= 0.6 is 27.3 Å². The van der Waals surface area contributed by atoms with E-state index >= 15 is 0 Å². The number of thiophene rings is 1. The van der Waals surface area contributed by atoms with Gasteiger partial charge in [0.15, 0.2) is 0 Å². The minimum absolute atomic E-state index is 0.0954. The normalized spacial score (nSPS) is 11.9. The largest absolute Gasteiger partial charge is 0.480 e. The van der Waals surface area contributed by atoms with E-state index in [1.807, 2.05) is 26.0 Å². The number of hydrogen-bond acceptors (Lipinski definition) is 3. The molecule has 0 bridgehead atoms. The number of carboxylic acid groups (broad SMARTS) is 1. The summed E-state index contributed by atoms with van der Waals surface area (Å²) in [5.41, 5.74) is 0. The number of aliphatic carboxylic acids is 1. The van der Waals surface area contributed by atoms with Gasteiger partial charge in [0.25, 0.3) is 0 Å². The topological polar surface area (TPSA) is 69.6 Å². The van der Waals surface area contributed by atoms with Crippen LogP contribution in [0.15, 0.2) is 15.9 Å². The zero-order chi connectivity index (χ0) is 15.1. The van der Waals surface area contributed by atoms with Crippen LogP contribution in [0, 0.1) is 0 Å². The van der Waals surface area contributed by atoms with Crippen molar-refractivity contribution >= 4 is 39.3 Å². The Bertz CT molecular complexity index is 464. The van der Waals surface area contributed by atoms with E-state index in [-0.39, 0.29) is 18.6 Å². The molecule has 5 nitrogen and oxygen atoms in total. The Labute approximate surface area is 131 Å². The molecule has 0 aliphatic rings. The first-order valence-corrected chi connectivity index (χ1v) is 8.05. The predicted octanol–water partition coefficient (Wildman–Crippen LogP) is 2.95. The molecule has 1 aromatic rings. The third-order valence-corrected chi connectivity index (χ3v) is 4.65. The summed E-state index contributed by atoms with van der Waals surface area (Å²) in [6, 6.07) is 3.56. The molecule has 0 saturated carbocycles. The fourth-order valence-corrected chi connectivity index (χ4v) is 3.16. The maximum atomic E-state index is 12.0. The van der Waals surface area contributed by atoms with Crippen LogP contribution in [-0.2, 0) is 11.2 Å². The summed E-state index contributed by atoms with van der Waals surface area (Å²) in [7, 11) is 0. The van der Waals surface area contributed by atoms with Crippen LogP contribution in [0.3, 0.4) is 0 Å². The lowest BCUT2D eigenvalue weighted by atomic mass is 10.2. The van der Waals surface area contributed by atoms with E-state index in [1.54, 1.807) is 11.3 Å². The number of halogens is 1. The van der Waals surface area contributed by atoms with Gasteiger partial charge in [0, 0.05) is 17.5 Å². The van der Waals surface area contributed by atoms with Crippen molar-refractivity contribution in [2.24, 2.45) is 0 Å². The Balaban J connectivity index is 2.47. The lowest BCUT2D eigenvalue weighted by Crippen LogP contribution is -2.47. The number of amides is 2. The lowest BCUT2D eigenvalue weighted by molar-refractivity contribution is -0.138. The Morgan fingerprint density at radius 2 is 2.20 bits per heavy atom. The number of rotatable bonds is 7. The molecular weight excluding hydrogens is 344 g/mol. The number of urea groups is 1. The Kier molecular flexibility index (Phi) is 7.01. The molecule has 2 N–H and O–H groups in total. The van der Waals surface area contributed by atoms with Crippen molar-refractivity contribution < 1.29 is 14.7 Å². The fourth-order valence-electron chi connectivity index (χ4n) is 1.67. The Morgan fingerprint density at radius 1 is 1.50 bits per heavy atom. The molecule has 0 saturated heterocycles. The molecule has 2 amide bonds. The van der Waals surface area contributed by atoms with Crippen LogP contribution in [0.2, 0.25) is 0 Å². The Morgan fingerprint density at radius 3 is 2.70 bits per heavy atom. The highest BCUT2D eigenvalue weighted by Crippen LogP contribution is 2.22. The van der Waals surface area contributed by atoms with Gasteiger partial charge in [0.2, 0.25) is 0 Å². The minimum Gasteiger partial charge on any atom is -0.480 e. The molecule has 1 unspecified atom stereocenters. The number of hydrogen-bond donors (Lipinski definition) is 2. The van der Waals surface area contributed by atoms with Gasteiger partial charge in [-0.05, 0) is 47.8 Å². The van der Waals surface area contributed by atoms with E-state index in [1.165, 1.54) is 9.78 Å². The van der Waals surface area contributed by atoms with E-state index in [0.717, 1.165) is 16.6 Å². The molecular formula is C13H19BrN2O3S. The average Bonchev–Trinajstić information content (AvgIpc) is 2.80. The van der Waals surface area contributed by atoms with Crippen LogP contribution in [0.25, 0.3) is 0 Å². The first-order chi connectivity index (χ1) is 9.43. The van der Waals surface area contributed by atoms with Gasteiger partial charge in [0.05, 0.1) is 3.79 Å². The highest BCUT2D eigenvalue weighted by molar-refractivity contribution is 9.11. The molecule has 1 rings (SSSR count). The van der Waals surface area contributed by atoms with Crippen molar-refractivity contribution in [2.75, 3.05) is 13.1 Å². The van der Waals surface area contributed by atoms with E-state index in [2.05, 4.69) is 21.2 Å². The molecule has 0 aromatic carbocycles. The molecule has 0 radical (unpaired) electrons. The molecule has 0 aliphatic carbocycles. The second-order valence-corrected chi connectivity index (χ2v) is 7.01. The SMILES string of the molecule is CCC(C)N(CC(=O)O)C(=O)NCCc1ccc(Br)s1. The van der Waals surface area contributed by atoms with E-state index in [9.17, 15) is 9.59 Å². The summed E-state index contributed by atoms with van der Waals surface area (Å²) in [4.78, 5) is 25.4.